The first-order valence-corrected chi connectivity index (χ1v) is 34.4. The normalized spacial score (nSPS) is 37.6. The number of ether oxygens (including phenoxy) is 2. The van der Waals surface area contributed by atoms with E-state index in [4.69, 9.17) is 9.47 Å². The lowest BCUT2D eigenvalue weighted by molar-refractivity contribution is -0.152. The third kappa shape index (κ3) is 13.7. The van der Waals surface area contributed by atoms with Crippen LogP contribution in [-0.4, -0.2) is 99.3 Å². The van der Waals surface area contributed by atoms with E-state index in [2.05, 4.69) is 131 Å². The number of esters is 2. The van der Waals surface area contributed by atoms with Gasteiger partial charge in [0.05, 0.1) is 12.8 Å². The third-order valence-electron chi connectivity index (χ3n) is 26.6. The molecule has 0 aromatic rings. The van der Waals surface area contributed by atoms with Gasteiger partial charge in [-0.1, -0.05) is 132 Å². The summed E-state index contributed by atoms with van der Waals surface area (Å²) in [6.07, 6.45) is 36.0. The molecule has 6 saturated carbocycles. The number of hydrogen-bond acceptors (Lipinski definition) is 7. The summed E-state index contributed by atoms with van der Waals surface area (Å²) in [6, 6.07) is 0. The lowest BCUT2D eigenvalue weighted by Gasteiger charge is -2.59. The number of likely N-dealkylation sites (N-methyl/N-ethyl adjacent to an activating group) is 3. The van der Waals surface area contributed by atoms with Crippen LogP contribution < -0.4 is 0 Å². The van der Waals surface area contributed by atoms with Gasteiger partial charge in [-0.3, -0.25) is 9.59 Å². The second-order valence-electron chi connectivity index (χ2n) is 31.1. The lowest BCUT2D eigenvalue weighted by atomic mass is 9.46. The number of nitrogens with zero attached hydrogens (tertiary/aromatic N) is 3. The summed E-state index contributed by atoms with van der Waals surface area (Å²) in [5, 5.41) is 0. The van der Waals surface area contributed by atoms with Crippen LogP contribution in [0.15, 0.2) is 23.3 Å². The molecule has 0 aliphatic heterocycles. The van der Waals surface area contributed by atoms with Gasteiger partial charge in [0, 0.05) is 52.1 Å². The van der Waals surface area contributed by atoms with Gasteiger partial charge in [-0.15, -0.1) is 0 Å². The van der Waals surface area contributed by atoms with Gasteiger partial charge in [0.1, 0.15) is 12.2 Å². The Labute approximate surface area is 487 Å². The monoisotopic (exact) mass is 1100 g/mol. The van der Waals surface area contributed by atoms with E-state index in [1.165, 1.54) is 122 Å². The summed E-state index contributed by atoms with van der Waals surface area (Å²) in [5.74, 6) is 11.7. The van der Waals surface area contributed by atoms with E-state index in [1.54, 1.807) is 11.1 Å². The van der Waals surface area contributed by atoms with Gasteiger partial charge in [0.2, 0.25) is 0 Å². The van der Waals surface area contributed by atoms with Crippen molar-refractivity contribution in [3.05, 3.63) is 23.3 Å². The molecule has 6 fully saturated rings. The predicted octanol–water partition coefficient (Wildman–Crippen LogP) is 17.1. The van der Waals surface area contributed by atoms with Crippen LogP contribution in [0.1, 0.15) is 244 Å². The van der Waals surface area contributed by atoms with Gasteiger partial charge in [-0.2, -0.15) is 0 Å². The lowest BCUT2D eigenvalue weighted by Crippen LogP contribution is -2.51. The van der Waals surface area contributed by atoms with E-state index in [0.29, 0.717) is 23.7 Å². The molecule has 10 unspecified atom stereocenters. The van der Waals surface area contributed by atoms with Gasteiger partial charge < -0.3 is 24.2 Å². The van der Waals surface area contributed by atoms with E-state index in [0.717, 1.165) is 148 Å². The Hall–Kier alpha value is -1.70. The highest BCUT2D eigenvalue weighted by Crippen LogP contribution is 2.70. The molecule has 8 rings (SSSR count). The average Bonchev–Trinajstić information content (AvgIpc) is 4.25. The van der Waals surface area contributed by atoms with Crippen molar-refractivity contribution in [2.75, 3.05) is 60.4 Å². The molecule has 79 heavy (non-hydrogen) atoms. The molecule has 7 heteroatoms. The number of fused-ring (bicyclic) bond motifs is 10. The fraction of sp³-hybridized carbons (Fsp3) is 0.917. The van der Waals surface area contributed by atoms with Crippen molar-refractivity contribution < 1.29 is 19.1 Å². The molecule has 0 spiro atoms. The van der Waals surface area contributed by atoms with Gasteiger partial charge in [-0.05, 0) is 235 Å². The fourth-order valence-corrected chi connectivity index (χ4v) is 21.3. The van der Waals surface area contributed by atoms with Gasteiger partial charge in [0.25, 0.3) is 0 Å². The van der Waals surface area contributed by atoms with Gasteiger partial charge in [-0.25, -0.2) is 0 Å². The Balaban J connectivity index is 0.695. The van der Waals surface area contributed by atoms with Crippen molar-refractivity contribution in [1.82, 2.24) is 14.7 Å². The summed E-state index contributed by atoms with van der Waals surface area (Å²) in [6.45, 7) is 35.3. The minimum absolute atomic E-state index is 0.0267. The number of carbonyl (C=O) groups excluding carboxylic acids is 2. The van der Waals surface area contributed by atoms with Crippen molar-refractivity contribution in [1.29, 1.82) is 0 Å². The minimum atomic E-state index is -0.0327. The van der Waals surface area contributed by atoms with Crippen LogP contribution in [0.25, 0.3) is 0 Å². The standard InChI is InChI=1S/C72H125N3O4/c1-16-53(49(4)5)21-19-51(8)61-27-29-63-59-25-23-55-47-57(31-37-69(55,10)64(59)33-39-71(61,63)12)78-67(76)35-41-73(13)43-45-75(15)46-44-74(14)42-36-68(77)79-58-32-38-70(11)56(48-58)24-26-60-65(70)34-40-72(18-3)62(28-30-66(60)72)52(9)20-22-54(17-2)50(6)7/h23-24,49-54,57-66H,16-22,25-48H2,1-15H3/t51-,52-,53?,54?,57+,58+,59?,60?,61?,62?,63?,64?,65?,66?,69+,70+,71-,72-/m1/s1. The maximum Gasteiger partial charge on any atom is 0.307 e. The van der Waals surface area contributed by atoms with Crippen LogP contribution in [0.2, 0.25) is 0 Å². The summed E-state index contributed by atoms with van der Waals surface area (Å²) >= 11 is 0. The highest BCUT2D eigenvalue weighted by molar-refractivity contribution is 5.70. The first-order valence-electron chi connectivity index (χ1n) is 34.4. The number of rotatable bonds is 27. The Morgan fingerprint density at radius 3 is 1.42 bits per heavy atom. The average molecular weight is 1100 g/mol. The van der Waals surface area contributed by atoms with Crippen LogP contribution >= 0.6 is 0 Å². The van der Waals surface area contributed by atoms with Crippen molar-refractivity contribution in [3.63, 3.8) is 0 Å². The smallest absolute Gasteiger partial charge is 0.307 e. The molecular formula is C72H125N3O4. The summed E-state index contributed by atoms with van der Waals surface area (Å²) in [4.78, 5) is 33.6. The zero-order valence-electron chi connectivity index (χ0n) is 54.3. The SMILES string of the molecule is CCC(CC[C@@H](C)C1CCC2C3CC=C4C[C@@H](OC(=O)CCN(C)CCN(C)CCN(C)CCC(=O)O[C@H]5CC[C@@]6(C)C(=CCC7C8CCC([C@H](C)CCC(CC)C(C)C)[C@@]8(CC)CCC76)C5)CC[C@]4(C)C3CC[C@@]21C)C(C)C. The van der Waals surface area contributed by atoms with Crippen LogP contribution in [0.3, 0.4) is 0 Å². The van der Waals surface area contributed by atoms with Crippen LogP contribution in [-0.2, 0) is 19.1 Å². The molecule has 0 N–H and O–H groups in total. The fourth-order valence-electron chi connectivity index (χ4n) is 21.3. The Morgan fingerprint density at radius 1 is 0.519 bits per heavy atom. The molecule has 0 saturated heterocycles. The van der Waals surface area contributed by atoms with Crippen molar-refractivity contribution in [2.45, 2.75) is 256 Å². The molecule has 0 aromatic heterocycles. The predicted molar refractivity (Wildman–Crippen MR) is 331 cm³/mol. The van der Waals surface area contributed by atoms with Crippen molar-refractivity contribution in [3.8, 4) is 0 Å². The molecule has 7 nitrogen and oxygen atoms in total. The number of allylic oxidation sites excluding steroid dienone is 2. The van der Waals surface area contributed by atoms with Crippen LogP contribution in [0, 0.1) is 105 Å². The Morgan fingerprint density at radius 2 is 0.949 bits per heavy atom. The molecule has 0 bridgehead atoms. The van der Waals surface area contributed by atoms with E-state index < -0.39 is 0 Å². The molecule has 0 aromatic carbocycles. The maximum absolute atomic E-state index is 13.3. The highest BCUT2D eigenvalue weighted by Gasteiger charge is 2.62. The van der Waals surface area contributed by atoms with Crippen LogP contribution in [0.4, 0.5) is 0 Å². The minimum Gasteiger partial charge on any atom is -0.462 e. The van der Waals surface area contributed by atoms with Crippen molar-refractivity contribution in [2.24, 2.45) is 105 Å². The van der Waals surface area contributed by atoms with E-state index in [-0.39, 0.29) is 35.0 Å². The second-order valence-corrected chi connectivity index (χ2v) is 31.1. The molecule has 0 heterocycles. The second kappa shape index (κ2) is 27.1. The molecule has 8 aliphatic carbocycles. The summed E-state index contributed by atoms with van der Waals surface area (Å²) in [7, 11) is 6.45. The Bertz CT molecular complexity index is 2050. The van der Waals surface area contributed by atoms with Gasteiger partial charge in [0.15, 0.2) is 0 Å². The molecule has 0 amide bonds. The van der Waals surface area contributed by atoms with E-state index >= 15 is 0 Å². The molecule has 8 aliphatic rings. The Kier molecular flexibility index (Phi) is 21.7. The molecule has 452 valence electrons. The zero-order valence-corrected chi connectivity index (χ0v) is 54.3. The highest BCUT2D eigenvalue weighted by atomic mass is 16.5. The number of carbonyl (C=O) groups is 2. The van der Waals surface area contributed by atoms with E-state index in [9.17, 15) is 9.59 Å². The van der Waals surface area contributed by atoms with Gasteiger partial charge >= 0.3 is 11.9 Å². The first kappa shape index (κ1) is 63.3. The quantitative estimate of drug-likeness (QED) is 0.0600. The van der Waals surface area contributed by atoms with Crippen molar-refractivity contribution >= 4 is 11.9 Å². The third-order valence-corrected chi connectivity index (χ3v) is 26.6. The summed E-state index contributed by atoms with van der Waals surface area (Å²) < 4.78 is 12.5. The van der Waals surface area contributed by atoms with E-state index in [1.807, 2.05) is 0 Å². The maximum atomic E-state index is 13.3. The first-order chi connectivity index (χ1) is 37.6. The molecule has 0 radical (unpaired) electrons. The molecule has 18 atom stereocenters. The zero-order chi connectivity index (χ0) is 57.0. The largest absolute Gasteiger partial charge is 0.462 e. The number of hydrogen-bond donors (Lipinski definition) is 0. The summed E-state index contributed by atoms with van der Waals surface area (Å²) in [5.41, 5.74) is 4.82. The van der Waals surface area contributed by atoms with Crippen LogP contribution in [0.5, 0.6) is 0 Å². The topological polar surface area (TPSA) is 62.3 Å². The molecular weight excluding hydrogens is 971 g/mol.